The van der Waals surface area contributed by atoms with Crippen molar-refractivity contribution in [1.29, 1.82) is 0 Å². The number of aryl methyl sites for hydroxylation is 1. The van der Waals surface area contributed by atoms with Gasteiger partial charge in [0.15, 0.2) is 9.34 Å². The molecule has 2 N–H and O–H groups in total. The summed E-state index contributed by atoms with van der Waals surface area (Å²) in [6.07, 6.45) is 3.97. The minimum absolute atomic E-state index is 0.0561. The van der Waals surface area contributed by atoms with Gasteiger partial charge in [0.05, 0.1) is 5.69 Å². The molecule has 2 amide bonds. The van der Waals surface area contributed by atoms with Crippen LogP contribution >= 0.6 is 11.3 Å². The summed E-state index contributed by atoms with van der Waals surface area (Å²) in [5.41, 5.74) is 1.37. The quantitative estimate of drug-likeness (QED) is 0.523. The summed E-state index contributed by atoms with van der Waals surface area (Å²) in [6.45, 7) is 2.52. The minimum atomic E-state index is -3.95. The molecule has 11 heteroatoms. The van der Waals surface area contributed by atoms with Gasteiger partial charge in [0.2, 0.25) is 10.0 Å². The Bertz CT molecular complexity index is 1400. The Morgan fingerprint density at radius 2 is 1.69 bits per heavy atom. The van der Waals surface area contributed by atoms with Crippen LogP contribution in [0.25, 0.3) is 11.1 Å². The average molecular weight is 519 g/mol. The standard InChI is InChI=1S/C24H24F2N4O3S2/c1-15-21(35(27,32)33)34-22(28-15)30-14-24(10-2-3-11-24)13-29(23(30)31)18-7-4-16(5-8-18)19-12-17(25)6-9-20(19)26/h4-9,12H,2-3,10-11,13-14H2,1H3,(H2,27,32,33). The van der Waals surface area contributed by atoms with Crippen LogP contribution in [0.5, 0.6) is 0 Å². The summed E-state index contributed by atoms with van der Waals surface area (Å²) in [7, 11) is -3.95. The average Bonchev–Trinajstić information content (AvgIpc) is 3.43. The number of carbonyl (C=O) groups excluding carboxylic acids is 1. The van der Waals surface area contributed by atoms with Gasteiger partial charge in [-0.2, -0.15) is 0 Å². The fourth-order valence-electron chi connectivity index (χ4n) is 5.08. The summed E-state index contributed by atoms with van der Waals surface area (Å²) in [6, 6.07) is 9.72. The number of primary sulfonamides is 1. The molecule has 3 aromatic rings. The molecule has 1 aliphatic heterocycles. The Labute approximate surface area is 206 Å². The van der Waals surface area contributed by atoms with Crippen molar-refractivity contribution in [2.24, 2.45) is 10.6 Å². The van der Waals surface area contributed by atoms with Gasteiger partial charge in [0.25, 0.3) is 0 Å². The maximum Gasteiger partial charge on any atom is 0.330 e. The molecule has 5 rings (SSSR count). The number of urea groups is 1. The van der Waals surface area contributed by atoms with Crippen molar-refractivity contribution < 1.29 is 22.0 Å². The molecule has 2 aromatic carbocycles. The molecule has 7 nitrogen and oxygen atoms in total. The fourth-order valence-corrected chi connectivity index (χ4v) is 7.02. The normalized spacial score (nSPS) is 18.0. The number of sulfonamides is 1. The number of hydrogen-bond donors (Lipinski definition) is 1. The summed E-state index contributed by atoms with van der Waals surface area (Å²) in [5.74, 6) is -1.07. The lowest BCUT2D eigenvalue weighted by Gasteiger charge is -2.45. The zero-order valence-electron chi connectivity index (χ0n) is 19.0. The van der Waals surface area contributed by atoms with E-state index in [2.05, 4.69) is 4.98 Å². The molecule has 0 bridgehead atoms. The first kappa shape index (κ1) is 23.8. The number of thiazole rings is 1. The van der Waals surface area contributed by atoms with E-state index < -0.39 is 21.7 Å². The molecule has 35 heavy (non-hydrogen) atoms. The van der Waals surface area contributed by atoms with E-state index in [1.807, 2.05) is 0 Å². The molecule has 1 aliphatic carbocycles. The second-order valence-electron chi connectivity index (χ2n) is 9.25. The first-order valence-corrected chi connectivity index (χ1v) is 13.6. The Morgan fingerprint density at radius 3 is 2.31 bits per heavy atom. The number of anilines is 2. The van der Waals surface area contributed by atoms with E-state index in [1.54, 1.807) is 41.0 Å². The molecular formula is C24H24F2N4O3S2. The molecule has 2 fully saturated rings. The fraction of sp³-hybridized carbons (Fsp3) is 0.333. The molecule has 1 spiro atoms. The van der Waals surface area contributed by atoms with E-state index >= 15 is 0 Å². The van der Waals surface area contributed by atoms with Gasteiger partial charge in [0, 0.05) is 29.8 Å². The van der Waals surface area contributed by atoms with Gasteiger partial charge in [-0.05, 0) is 55.7 Å². The summed E-state index contributed by atoms with van der Waals surface area (Å²) in [4.78, 5) is 21.2. The minimum Gasteiger partial charge on any atom is -0.293 e. The summed E-state index contributed by atoms with van der Waals surface area (Å²) < 4.78 is 51.7. The SMILES string of the molecule is Cc1nc(N2CC3(CCCC3)CN(c3ccc(-c4cc(F)ccc4F)cc3)C2=O)sc1S(N)(=O)=O. The molecule has 0 unspecified atom stereocenters. The van der Waals surface area contributed by atoms with Crippen molar-refractivity contribution in [3.63, 3.8) is 0 Å². The predicted molar refractivity (Wildman–Crippen MR) is 131 cm³/mol. The van der Waals surface area contributed by atoms with E-state index in [4.69, 9.17) is 5.14 Å². The molecular weight excluding hydrogens is 494 g/mol. The monoisotopic (exact) mass is 518 g/mol. The number of nitrogens with zero attached hydrogens (tertiary/aromatic N) is 3. The second kappa shape index (κ2) is 8.65. The van der Waals surface area contributed by atoms with Crippen molar-refractivity contribution in [3.05, 3.63) is 59.8 Å². The second-order valence-corrected chi connectivity index (χ2v) is 12.0. The van der Waals surface area contributed by atoms with Crippen LogP contribution in [0.1, 0.15) is 31.4 Å². The van der Waals surface area contributed by atoms with Gasteiger partial charge < -0.3 is 0 Å². The number of amides is 2. The van der Waals surface area contributed by atoms with E-state index in [9.17, 15) is 22.0 Å². The number of nitrogens with two attached hydrogens (primary N) is 1. The number of benzene rings is 2. The van der Waals surface area contributed by atoms with Crippen LogP contribution in [-0.4, -0.2) is 32.5 Å². The maximum atomic E-state index is 14.2. The highest BCUT2D eigenvalue weighted by molar-refractivity contribution is 7.91. The van der Waals surface area contributed by atoms with Crippen molar-refractivity contribution in [2.45, 2.75) is 36.8 Å². The number of halogens is 2. The highest BCUT2D eigenvalue weighted by Gasteiger charge is 2.46. The predicted octanol–water partition coefficient (Wildman–Crippen LogP) is 5.05. The zero-order chi connectivity index (χ0) is 25.0. The third kappa shape index (κ3) is 4.43. The van der Waals surface area contributed by atoms with Crippen LogP contribution < -0.4 is 14.9 Å². The number of aromatic nitrogens is 1. The van der Waals surface area contributed by atoms with Crippen molar-refractivity contribution >= 4 is 38.2 Å². The van der Waals surface area contributed by atoms with E-state index in [0.29, 0.717) is 29.5 Å². The molecule has 2 heterocycles. The Morgan fingerprint density at radius 1 is 1.03 bits per heavy atom. The van der Waals surface area contributed by atoms with Gasteiger partial charge in [-0.3, -0.25) is 9.80 Å². The van der Waals surface area contributed by atoms with Gasteiger partial charge in [-0.25, -0.2) is 32.1 Å². The highest BCUT2D eigenvalue weighted by atomic mass is 32.2. The molecule has 1 saturated carbocycles. The van der Waals surface area contributed by atoms with Gasteiger partial charge in [-0.15, -0.1) is 0 Å². The van der Waals surface area contributed by atoms with Crippen LogP contribution in [0, 0.1) is 24.0 Å². The number of hydrogen-bond acceptors (Lipinski definition) is 5. The third-order valence-corrected chi connectivity index (χ3v) is 9.50. The van der Waals surface area contributed by atoms with Gasteiger partial charge in [-0.1, -0.05) is 36.3 Å². The van der Waals surface area contributed by atoms with E-state index in [0.717, 1.165) is 55.2 Å². The van der Waals surface area contributed by atoms with Crippen LogP contribution in [0.15, 0.2) is 46.7 Å². The zero-order valence-corrected chi connectivity index (χ0v) is 20.6. The van der Waals surface area contributed by atoms with E-state index in [-0.39, 0.29) is 26.9 Å². The molecule has 0 radical (unpaired) electrons. The molecule has 184 valence electrons. The Balaban J connectivity index is 1.51. The van der Waals surface area contributed by atoms with Crippen LogP contribution in [0.4, 0.5) is 24.4 Å². The topological polar surface area (TPSA) is 96.6 Å². The Hall–Kier alpha value is -2.89. The highest BCUT2D eigenvalue weighted by Crippen LogP contribution is 2.45. The van der Waals surface area contributed by atoms with Gasteiger partial charge in [0.1, 0.15) is 11.6 Å². The van der Waals surface area contributed by atoms with Crippen LogP contribution in [0.2, 0.25) is 0 Å². The largest absolute Gasteiger partial charge is 0.330 e. The summed E-state index contributed by atoms with van der Waals surface area (Å²) in [5, 5.41) is 5.63. The molecule has 2 aliphatic rings. The lowest BCUT2D eigenvalue weighted by molar-refractivity contribution is 0.224. The lowest BCUT2D eigenvalue weighted by Crippen LogP contribution is -2.58. The first-order valence-electron chi connectivity index (χ1n) is 11.2. The van der Waals surface area contributed by atoms with Crippen molar-refractivity contribution in [1.82, 2.24) is 4.98 Å². The van der Waals surface area contributed by atoms with E-state index in [1.165, 1.54) is 0 Å². The summed E-state index contributed by atoms with van der Waals surface area (Å²) >= 11 is 0.896. The third-order valence-electron chi connectivity index (χ3n) is 6.76. The smallest absolute Gasteiger partial charge is 0.293 e. The van der Waals surface area contributed by atoms with Crippen LogP contribution in [0.3, 0.4) is 0 Å². The van der Waals surface area contributed by atoms with Gasteiger partial charge >= 0.3 is 6.03 Å². The first-order chi connectivity index (χ1) is 16.6. The molecule has 1 saturated heterocycles. The molecule has 1 aromatic heterocycles. The lowest BCUT2D eigenvalue weighted by atomic mass is 9.83. The number of rotatable bonds is 4. The molecule has 0 atom stereocenters. The Kier molecular flexibility index (Phi) is 5.89. The number of carbonyl (C=O) groups is 1. The maximum absolute atomic E-state index is 14.2. The van der Waals surface area contributed by atoms with Crippen LogP contribution in [-0.2, 0) is 10.0 Å². The van der Waals surface area contributed by atoms with Crippen molar-refractivity contribution in [2.75, 3.05) is 22.9 Å². The van der Waals surface area contributed by atoms with Crippen molar-refractivity contribution in [3.8, 4) is 11.1 Å².